The van der Waals surface area contributed by atoms with E-state index in [0.29, 0.717) is 5.56 Å². The second-order valence-electron chi connectivity index (χ2n) is 4.43. The minimum atomic E-state index is -1.17. The summed E-state index contributed by atoms with van der Waals surface area (Å²) in [5.41, 5.74) is 1.16. The second kappa shape index (κ2) is 5.05. The molecule has 19 heavy (non-hydrogen) atoms. The Morgan fingerprint density at radius 2 is 2.05 bits per heavy atom. The normalized spacial score (nSPS) is 10.9. The van der Waals surface area contributed by atoms with Crippen LogP contribution in [0.4, 0.5) is 0 Å². The molecule has 100 valence electrons. The summed E-state index contributed by atoms with van der Waals surface area (Å²) >= 11 is 3.43. The van der Waals surface area contributed by atoms with Gasteiger partial charge in [0, 0.05) is 10.5 Å². The number of hydrogen-bond acceptors (Lipinski definition) is 4. The number of halogens is 1. The highest BCUT2D eigenvalue weighted by Crippen LogP contribution is 2.37. The number of phenols is 1. The van der Waals surface area contributed by atoms with Crippen molar-refractivity contribution < 1.29 is 19.5 Å². The number of benzene rings is 1. The fraction of sp³-hybridized carbons (Fsp3) is 0.231. The lowest BCUT2D eigenvalue weighted by Gasteiger charge is -2.11. The molecular formula is C13H12BrNO4. The first-order chi connectivity index (χ1) is 8.90. The van der Waals surface area contributed by atoms with Gasteiger partial charge in [-0.2, -0.15) is 0 Å². The third kappa shape index (κ3) is 2.63. The number of hydrogen-bond donors (Lipinski definition) is 2. The van der Waals surface area contributed by atoms with E-state index in [4.69, 9.17) is 9.63 Å². The fourth-order valence-electron chi connectivity index (χ4n) is 1.72. The summed E-state index contributed by atoms with van der Waals surface area (Å²) in [5, 5.41) is 22.2. The first-order valence-electron chi connectivity index (χ1n) is 5.63. The predicted octanol–water partition coefficient (Wildman–Crippen LogP) is 3.63. The van der Waals surface area contributed by atoms with Crippen LogP contribution in [0.3, 0.4) is 0 Å². The van der Waals surface area contributed by atoms with Gasteiger partial charge in [0.05, 0.1) is 5.56 Å². The molecule has 2 rings (SSSR count). The van der Waals surface area contributed by atoms with Crippen molar-refractivity contribution in [2.24, 2.45) is 0 Å². The Morgan fingerprint density at radius 3 is 2.58 bits per heavy atom. The van der Waals surface area contributed by atoms with Crippen molar-refractivity contribution in [1.82, 2.24) is 5.16 Å². The maximum Gasteiger partial charge on any atom is 0.358 e. The van der Waals surface area contributed by atoms with E-state index >= 15 is 0 Å². The Labute approximate surface area is 118 Å². The highest BCUT2D eigenvalue weighted by atomic mass is 79.9. The summed E-state index contributed by atoms with van der Waals surface area (Å²) in [6, 6.07) is 4.60. The molecule has 5 nitrogen and oxygen atoms in total. The third-order valence-corrected chi connectivity index (χ3v) is 3.42. The molecule has 0 aliphatic rings. The average molecular weight is 326 g/mol. The number of aromatic carboxylic acids is 1. The van der Waals surface area contributed by atoms with Crippen molar-refractivity contribution in [1.29, 1.82) is 0 Å². The van der Waals surface area contributed by atoms with E-state index in [1.807, 2.05) is 13.8 Å². The van der Waals surface area contributed by atoms with Crippen molar-refractivity contribution in [2.75, 3.05) is 0 Å². The van der Waals surface area contributed by atoms with Crippen molar-refractivity contribution in [3.63, 3.8) is 0 Å². The molecule has 0 aliphatic heterocycles. The van der Waals surface area contributed by atoms with Gasteiger partial charge in [0.2, 0.25) is 0 Å². The fourth-order valence-corrected chi connectivity index (χ4v) is 2.52. The molecule has 0 atom stereocenters. The molecule has 0 aliphatic carbocycles. The predicted molar refractivity (Wildman–Crippen MR) is 72.4 cm³/mol. The lowest BCUT2D eigenvalue weighted by atomic mass is 10.00. The highest BCUT2D eigenvalue weighted by molar-refractivity contribution is 9.10. The van der Waals surface area contributed by atoms with Crippen molar-refractivity contribution >= 4 is 21.9 Å². The molecule has 1 heterocycles. The topological polar surface area (TPSA) is 83.6 Å². The van der Waals surface area contributed by atoms with Gasteiger partial charge in [-0.1, -0.05) is 34.9 Å². The summed E-state index contributed by atoms with van der Waals surface area (Å²) in [5.74, 6) is -0.683. The molecule has 1 aromatic heterocycles. The van der Waals surface area contributed by atoms with Gasteiger partial charge >= 0.3 is 5.97 Å². The van der Waals surface area contributed by atoms with Crippen molar-refractivity contribution in [2.45, 2.75) is 19.8 Å². The molecular weight excluding hydrogens is 314 g/mol. The summed E-state index contributed by atoms with van der Waals surface area (Å²) in [4.78, 5) is 10.7. The van der Waals surface area contributed by atoms with E-state index in [1.165, 1.54) is 6.07 Å². The number of phenolic OH excluding ortho intramolecular Hbond substituents is 1. The molecule has 0 bridgehead atoms. The summed E-state index contributed by atoms with van der Waals surface area (Å²) in [7, 11) is 0. The maximum absolute atomic E-state index is 10.7. The minimum Gasteiger partial charge on any atom is -0.507 e. The zero-order valence-corrected chi connectivity index (χ0v) is 11.9. The molecule has 6 heteroatoms. The van der Waals surface area contributed by atoms with Crippen LogP contribution in [0.15, 0.2) is 27.2 Å². The zero-order chi connectivity index (χ0) is 14.2. The Morgan fingerprint density at radius 1 is 1.37 bits per heavy atom. The Kier molecular flexibility index (Phi) is 3.61. The molecule has 0 saturated heterocycles. The molecule has 0 radical (unpaired) electrons. The number of rotatable bonds is 3. The number of carbonyl (C=O) groups is 1. The van der Waals surface area contributed by atoms with Crippen LogP contribution < -0.4 is 0 Å². The Bertz CT molecular complexity index is 634. The van der Waals surface area contributed by atoms with Crippen LogP contribution in [0.25, 0.3) is 11.3 Å². The number of aromatic hydroxyl groups is 1. The van der Waals surface area contributed by atoms with Crippen LogP contribution in [0.1, 0.15) is 35.8 Å². The van der Waals surface area contributed by atoms with Crippen LogP contribution >= 0.6 is 15.9 Å². The molecule has 2 aromatic rings. The van der Waals surface area contributed by atoms with Crippen molar-refractivity contribution in [3.05, 3.63) is 33.9 Å². The summed E-state index contributed by atoms with van der Waals surface area (Å²) in [6.45, 7) is 4.02. The Balaban J connectivity index is 2.50. The molecule has 0 unspecified atom stereocenters. The molecule has 0 saturated carbocycles. The minimum absolute atomic E-state index is 0.0278. The number of carboxylic acids is 1. The third-order valence-electron chi connectivity index (χ3n) is 2.73. The smallest absolute Gasteiger partial charge is 0.358 e. The van der Waals surface area contributed by atoms with Gasteiger partial charge in [0.1, 0.15) is 5.75 Å². The molecule has 0 fully saturated rings. The second-order valence-corrected chi connectivity index (χ2v) is 5.28. The Hall–Kier alpha value is -1.82. The maximum atomic E-state index is 10.7. The lowest BCUT2D eigenvalue weighted by molar-refractivity contribution is 0.0686. The van der Waals surface area contributed by atoms with Crippen LogP contribution in [0.2, 0.25) is 0 Å². The van der Waals surface area contributed by atoms with E-state index in [9.17, 15) is 9.90 Å². The van der Waals surface area contributed by atoms with E-state index in [-0.39, 0.29) is 23.1 Å². The summed E-state index contributed by atoms with van der Waals surface area (Å²) in [6.07, 6.45) is 0. The molecule has 0 amide bonds. The number of carboxylic acid groups (broad SMARTS) is 1. The lowest BCUT2D eigenvalue weighted by Crippen LogP contribution is -1.94. The largest absolute Gasteiger partial charge is 0.507 e. The number of aromatic nitrogens is 1. The van der Waals surface area contributed by atoms with Crippen LogP contribution in [-0.4, -0.2) is 21.3 Å². The van der Waals surface area contributed by atoms with Gasteiger partial charge in [0.15, 0.2) is 11.5 Å². The SMILES string of the molecule is CC(C)c1cc(O)c(-c2cc(C(=O)O)no2)cc1Br. The van der Waals surface area contributed by atoms with Gasteiger partial charge in [-0.15, -0.1) is 0 Å². The average Bonchev–Trinajstić information content (AvgIpc) is 2.80. The van der Waals surface area contributed by atoms with Crippen molar-refractivity contribution in [3.8, 4) is 17.1 Å². The summed E-state index contributed by atoms with van der Waals surface area (Å²) < 4.78 is 5.76. The first kappa shape index (κ1) is 13.6. The quantitative estimate of drug-likeness (QED) is 0.900. The van der Waals surface area contributed by atoms with Crippen LogP contribution in [0.5, 0.6) is 5.75 Å². The molecule has 2 N–H and O–H groups in total. The van der Waals surface area contributed by atoms with E-state index < -0.39 is 5.97 Å². The molecule has 1 aromatic carbocycles. The number of nitrogens with zero attached hydrogens (tertiary/aromatic N) is 1. The van der Waals surface area contributed by atoms with Gasteiger partial charge in [-0.3, -0.25) is 0 Å². The van der Waals surface area contributed by atoms with E-state index in [2.05, 4.69) is 21.1 Å². The first-order valence-corrected chi connectivity index (χ1v) is 6.42. The van der Waals surface area contributed by atoms with Gasteiger partial charge < -0.3 is 14.7 Å². The highest BCUT2D eigenvalue weighted by Gasteiger charge is 2.17. The van der Waals surface area contributed by atoms with Gasteiger partial charge in [-0.25, -0.2) is 4.79 Å². The van der Waals surface area contributed by atoms with Crippen LogP contribution in [-0.2, 0) is 0 Å². The van der Waals surface area contributed by atoms with Crippen LogP contribution in [0, 0.1) is 0 Å². The monoisotopic (exact) mass is 325 g/mol. The molecule has 0 spiro atoms. The van der Waals surface area contributed by atoms with Gasteiger partial charge in [0.25, 0.3) is 0 Å². The van der Waals surface area contributed by atoms with E-state index in [0.717, 1.165) is 10.0 Å². The zero-order valence-electron chi connectivity index (χ0n) is 10.3. The standard InChI is InChI=1S/C13H12BrNO4/c1-6(2)7-4-11(16)8(3-9(7)14)12-5-10(13(17)18)15-19-12/h3-6,16H,1-2H3,(H,17,18). The van der Waals surface area contributed by atoms with Gasteiger partial charge in [-0.05, 0) is 23.6 Å². The van der Waals surface area contributed by atoms with E-state index in [1.54, 1.807) is 12.1 Å².